The number of carboxylic acids is 1. The molecule has 0 bridgehead atoms. The molecule has 3 atom stereocenters. The van der Waals surface area contributed by atoms with E-state index in [9.17, 15) is 19.5 Å². The topological polar surface area (TPSA) is 105 Å². The SMILES string of the molecule is CC[C@H](C)[C@H](NC(=O)C(NC(=O)OCC1c2ccccc2-c2ccccc21)C(C)C)C(=O)O. The van der Waals surface area contributed by atoms with E-state index in [4.69, 9.17) is 4.74 Å². The molecule has 2 amide bonds. The molecule has 1 unspecified atom stereocenters. The van der Waals surface area contributed by atoms with Crippen molar-refractivity contribution in [3.63, 3.8) is 0 Å². The van der Waals surface area contributed by atoms with Crippen molar-refractivity contribution in [1.29, 1.82) is 0 Å². The van der Waals surface area contributed by atoms with Crippen LogP contribution in [0.3, 0.4) is 0 Å². The van der Waals surface area contributed by atoms with E-state index < -0.39 is 30.1 Å². The molecule has 2 aromatic carbocycles. The molecule has 0 saturated carbocycles. The fraction of sp³-hybridized carbons (Fsp3) is 0.423. The molecule has 7 nitrogen and oxygen atoms in total. The summed E-state index contributed by atoms with van der Waals surface area (Å²) in [5.74, 6) is -2.21. The first-order valence-electron chi connectivity index (χ1n) is 11.4. The van der Waals surface area contributed by atoms with Gasteiger partial charge in [-0.15, -0.1) is 0 Å². The maximum atomic E-state index is 12.8. The Balaban J connectivity index is 1.66. The van der Waals surface area contributed by atoms with E-state index in [1.165, 1.54) is 0 Å². The molecule has 3 N–H and O–H groups in total. The summed E-state index contributed by atoms with van der Waals surface area (Å²) in [6.45, 7) is 7.33. The smallest absolute Gasteiger partial charge is 0.407 e. The van der Waals surface area contributed by atoms with Crippen LogP contribution in [0.4, 0.5) is 4.79 Å². The number of carboxylic acid groups (broad SMARTS) is 1. The van der Waals surface area contributed by atoms with E-state index in [0.717, 1.165) is 22.3 Å². The van der Waals surface area contributed by atoms with E-state index in [1.54, 1.807) is 20.8 Å². The zero-order valence-electron chi connectivity index (χ0n) is 19.5. The van der Waals surface area contributed by atoms with Gasteiger partial charge in [0, 0.05) is 5.92 Å². The van der Waals surface area contributed by atoms with Gasteiger partial charge in [0.2, 0.25) is 5.91 Å². The number of nitrogens with one attached hydrogen (secondary N) is 2. The summed E-state index contributed by atoms with van der Waals surface area (Å²) in [4.78, 5) is 37.0. The monoisotopic (exact) mass is 452 g/mol. The maximum Gasteiger partial charge on any atom is 0.407 e. The van der Waals surface area contributed by atoms with Crippen molar-refractivity contribution < 1.29 is 24.2 Å². The highest BCUT2D eigenvalue weighted by Crippen LogP contribution is 2.44. The summed E-state index contributed by atoms with van der Waals surface area (Å²) in [7, 11) is 0. The lowest BCUT2D eigenvalue weighted by molar-refractivity contribution is -0.143. The molecule has 3 rings (SSSR count). The van der Waals surface area contributed by atoms with E-state index in [0.29, 0.717) is 6.42 Å². The second kappa shape index (κ2) is 10.5. The van der Waals surface area contributed by atoms with Crippen molar-refractivity contribution in [3.8, 4) is 11.1 Å². The molecule has 7 heteroatoms. The van der Waals surface area contributed by atoms with Crippen LogP contribution >= 0.6 is 0 Å². The highest BCUT2D eigenvalue weighted by Gasteiger charge is 2.32. The van der Waals surface area contributed by atoms with Gasteiger partial charge < -0.3 is 20.5 Å². The number of hydrogen-bond acceptors (Lipinski definition) is 4. The normalized spacial score (nSPS) is 15.2. The molecule has 0 radical (unpaired) electrons. The Kier molecular flexibility index (Phi) is 7.74. The zero-order chi connectivity index (χ0) is 24.1. The van der Waals surface area contributed by atoms with Gasteiger partial charge in [-0.3, -0.25) is 4.79 Å². The number of rotatable bonds is 9. The Morgan fingerprint density at radius 2 is 1.45 bits per heavy atom. The van der Waals surface area contributed by atoms with Crippen LogP contribution in [-0.2, 0) is 14.3 Å². The Hall–Kier alpha value is -3.35. The number of aliphatic carboxylic acids is 1. The molecule has 0 aliphatic heterocycles. The quantitative estimate of drug-likeness (QED) is 0.530. The van der Waals surface area contributed by atoms with E-state index in [2.05, 4.69) is 22.8 Å². The molecule has 1 aliphatic carbocycles. The summed E-state index contributed by atoms with van der Waals surface area (Å²) in [5.41, 5.74) is 4.46. The van der Waals surface area contributed by atoms with Crippen LogP contribution in [0.1, 0.15) is 51.2 Å². The number of benzene rings is 2. The Labute approximate surface area is 194 Å². The summed E-state index contributed by atoms with van der Waals surface area (Å²) in [6.07, 6.45) is -0.107. The first-order chi connectivity index (χ1) is 15.7. The third-order valence-corrected chi connectivity index (χ3v) is 6.34. The predicted molar refractivity (Wildman–Crippen MR) is 126 cm³/mol. The number of ether oxygens (including phenoxy) is 1. The lowest BCUT2D eigenvalue weighted by atomic mass is 9.97. The lowest BCUT2D eigenvalue weighted by Gasteiger charge is -2.26. The number of carbonyl (C=O) groups excluding carboxylic acids is 2. The molecule has 33 heavy (non-hydrogen) atoms. The summed E-state index contributed by atoms with van der Waals surface area (Å²) >= 11 is 0. The van der Waals surface area contributed by atoms with Crippen molar-refractivity contribution in [2.24, 2.45) is 11.8 Å². The van der Waals surface area contributed by atoms with E-state index >= 15 is 0 Å². The van der Waals surface area contributed by atoms with Gasteiger partial charge in [-0.2, -0.15) is 0 Å². The molecular weight excluding hydrogens is 420 g/mol. The third kappa shape index (κ3) is 5.35. The van der Waals surface area contributed by atoms with Crippen LogP contribution < -0.4 is 10.6 Å². The van der Waals surface area contributed by atoms with Gasteiger partial charge in [-0.25, -0.2) is 9.59 Å². The standard InChI is InChI=1S/C26H32N2O5/c1-5-16(4)23(25(30)31)27-24(29)22(15(2)3)28-26(32)33-14-21-19-12-8-6-10-17(19)18-11-7-9-13-20(18)21/h6-13,15-16,21-23H,5,14H2,1-4H3,(H,27,29)(H,28,32)(H,30,31)/t16-,22?,23-/m0/s1. The number of hydrogen-bond donors (Lipinski definition) is 3. The van der Waals surface area contributed by atoms with Crippen molar-refractivity contribution in [2.45, 2.75) is 52.1 Å². The largest absolute Gasteiger partial charge is 0.480 e. The summed E-state index contributed by atoms with van der Waals surface area (Å²) in [5, 5.41) is 14.7. The molecule has 0 heterocycles. The van der Waals surface area contributed by atoms with Crippen LogP contribution in [0.2, 0.25) is 0 Å². The first kappa shape index (κ1) is 24.3. The number of amides is 2. The van der Waals surface area contributed by atoms with Crippen LogP contribution in [0.5, 0.6) is 0 Å². The van der Waals surface area contributed by atoms with Crippen LogP contribution in [-0.4, -0.2) is 41.8 Å². The highest BCUT2D eigenvalue weighted by atomic mass is 16.5. The fourth-order valence-corrected chi connectivity index (χ4v) is 4.23. The second-order valence-electron chi connectivity index (χ2n) is 8.90. The molecule has 0 aromatic heterocycles. The molecule has 0 fully saturated rings. The van der Waals surface area contributed by atoms with Crippen molar-refractivity contribution in [1.82, 2.24) is 10.6 Å². The molecule has 0 spiro atoms. The zero-order valence-corrected chi connectivity index (χ0v) is 19.5. The minimum Gasteiger partial charge on any atom is -0.480 e. The van der Waals surface area contributed by atoms with Crippen LogP contribution in [0.25, 0.3) is 11.1 Å². The first-order valence-corrected chi connectivity index (χ1v) is 11.4. The van der Waals surface area contributed by atoms with Gasteiger partial charge in [-0.05, 0) is 34.1 Å². The third-order valence-electron chi connectivity index (χ3n) is 6.34. The van der Waals surface area contributed by atoms with E-state index in [-0.39, 0.29) is 24.4 Å². The van der Waals surface area contributed by atoms with Gasteiger partial charge >= 0.3 is 12.1 Å². The number of fused-ring (bicyclic) bond motifs is 3. The van der Waals surface area contributed by atoms with Gasteiger partial charge in [0.05, 0.1) is 0 Å². The lowest BCUT2D eigenvalue weighted by Crippen LogP contribution is -2.55. The summed E-state index contributed by atoms with van der Waals surface area (Å²) in [6, 6.07) is 14.2. The molecule has 2 aromatic rings. The molecular formula is C26H32N2O5. The minimum atomic E-state index is -1.10. The van der Waals surface area contributed by atoms with Gasteiger partial charge in [-0.1, -0.05) is 82.6 Å². The number of carbonyl (C=O) groups is 3. The summed E-state index contributed by atoms with van der Waals surface area (Å²) < 4.78 is 5.55. The Morgan fingerprint density at radius 3 is 1.94 bits per heavy atom. The molecule has 0 saturated heterocycles. The average molecular weight is 453 g/mol. The van der Waals surface area contributed by atoms with Gasteiger partial charge in [0.1, 0.15) is 18.7 Å². The predicted octanol–water partition coefficient (Wildman–Crippen LogP) is 4.17. The van der Waals surface area contributed by atoms with E-state index in [1.807, 2.05) is 43.3 Å². The van der Waals surface area contributed by atoms with Crippen LogP contribution in [0.15, 0.2) is 48.5 Å². The van der Waals surface area contributed by atoms with Gasteiger partial charge in [0.15, 0.2) is 0 Å². The Bertz CT molecular complexity index is 974. The molecule has 176 valence electrons. The van der Waals surface area contributed by atoms with Crippen molar-refractivity contribution in [3.05, 3.63) is 59.7 Å². The van der Waals surface area contributed by atoms with Gasteiger partial charge in [0.25, 0.3) is 0 Å². The minimum absolute atomic E-state index is 0.0868. The maximum absolute atomic E-state index is 12.8. The second-order valence-corrected chi connectivity index (χ2v) is 8.90. The molecule has 1 aliphatic rings. The van der Waals surface area contributed by atoms with Crippen molar-refractivity contribution >= 4 is 18.0 Å². The Morgan fingerprint density at radius 1 is 0.909 bits per heavy atom. The average Bonchev–Trinajstić information content (AvgIpc) is 3.12. The van der Waals surface area contributed by atoms with Crippen LogP contribution in [0, 0.1) is 11.8 Å². The highest BCUT2D eigenvalue weighted by molar-refractivity contribution is 5.89. The van der Waals surface area contributed by atoms with Crippen molar-refractivity contribution in [2.75, 3.05) is 6.61 Å². The number of alkyl carbamates (subject to hydrolysis) is 1. The fourth-order valence-electron chi connectivity index (χ4n) is 4.23.